The number of amides is 1. The highest BCUT2D eigenvalue weighted by atomic mass is 32.2. The minimum Gasteiger partial charge on any atom is -0.289 e. The van der Waals surface area contributed by atoms with Gasteiger partial charge in [0.05, 0.1) is 17.1 Å². The summed E-state index contributed by atoms with van der Waals surface area (Å²) in [5, 5.41) is 4.81. The summed E-state index contributed by atoms with van der Waals surface area (Å²) in [5.41, 5.74) is 3.91. The van der Waals surface area contributed by atoms with Crippen molar-refractivity contribution in [3.8, 4) is 11.3 Å². The molecule has 0 N–H and O–H groups in total. The summed E-state index contributed by atoms with van der Waals surface area (Å²) in [6, 6.07) is 20.2. The van der Waals surface area contributed by atoms with Gasteiger partial charge in [-0.3, -0.25) is 14.4 Å². The van der Waals surface area contributed by atoms with E-state index in [0.29, 0.717) is 22.3 Å². The van der Waals surface area contributed by atoms with Gasteiger partial charge in [-0.05, 0) is 11.6 Å². The summed E-state index contributed by atoms with van der Waals surface area (Å²) in [5.74, 6) is -0.0882. The van der Waals surface area contributed by atoms with E-state index in [4.69, 9.17) is 17.3 Å². The fourth-order valence-corrected chi connectivity index (χ4v) is 4.41. The molecule has 4 nitrogen and oxygen atoms in total. The van der Waals surface area contributed by atoms with Gasteiger partial charge in [-0.15, -0.1) is 6.58 Å². The summed E-state index contributed by atoms with van der Waals surface area (Å²) in [7, 11) is 0. The highest BCUT2D eigenvalue weighted by Crippen LogP contribution is 2.34. The molecule has 0 atom stereocenters. The van der Waals surface area contributed by atoms with E-state index in [2.05, 4.69) is 18.7 Å². The first-order chi connectivity index (χ1) is 14.2. The van der Waals surface area contributed by atoms with E-state index in [1.807, 2.05) is 65.5 Å². The van der Waals surface area contributed by atoms with Crippen LogP contribution in [-0.4, -0.2) is 31.5 Å². The Labute approximate surface area is 179 Å². The molecule has 1 aliphatic heterocycles. The molecule has 6 heteroatoms. The molecule has 0 spiro atoms. The molecule has 1 fully saturated rings. The predicted molar refractivity (Wildman–Crippen MR) is 123 cm³/mol. The Morgan fingerprint density at radius 2 is 1.76 bits per heavy atom. The molecule has 2 aromatic carbocycles. The molecule has 144 valence electrons. The second kappa shape index (κ2) is 8.59. The normalized spacial score (nSPS) is 15.3. The van der Waals surface area contributed by atoms with Gasteiger partial charge in [0.2, 0.25) is 0 Å². The quantitative estimate of drug-likeness (QED) is 0.322. The Hall–Kier alpha value is -2.96. The standard InChI is InChI=1S/C23H19N3OS2/c1-2-13-26-22(27)20(29-23(26)28)14-19-16-25(15-17-9-5-3-6-10-17)24-21(19)18-11-7-4-8-12-18/h2-12,14,16H,1,13,15H2/b20-14+. The fourth-order valence-electron chi connectivity index (χ4n) is 3.14. The SMILES string of the molecule is C=CCN1C(=O)/C(=C\c2cn(Cc3ccccc3)nc2-c2ccccc2)SC1=S. The molecule has 2 heterocycles. The highest BCUT2D eigenvalue weighted by molar-refractivity contribution is 8.26. The van der Waals surface area contributed by atoms with Gasteiger partial charge in [0.1, 0.15) is 4.32 Å². The van der Waals surface area contributed by atoms with Crippen molar-refractivity contribution < 1.29 is 4.79 Å². The van der Waals surface area contributed by atoms with Crippen LogP contribution >= 0.6 is 24.0 Å². The van der Waals surface area contributed by atoms with Crippen LogP contribution < -0.4 is 0 Å². The first-order valence-electron chi connectivity index (χ1n) is 9.19. The second-order valence-corrected chi connectivity index (χ2v) is 8.24. The summed E-state index contributed by atoms with van der Waals surface area (Å²) < 4.78 is 2.47. The maximum absolute atomic E-state index is 12.7. The number of rotatable bonds is 6. The summed E-state index contributed by atoms with van der Waals surface area (Å²) >= 11 is 6.67. The first-order valence-corrected chi connectivity index (χ1v) is 10.4. The number of hydrogen-bond donors (Lipinski definition) is 0. The second-order valence-electron chi connectivity index (χ2n) is 6.56. The zero-order chi connectivity index (χ0) is 20.2. The van der Waals surface area contributed by atoms with Gasteiger partial charge in [-0.1, -0.05) is 90.7 Å². The van der Waals surface area contributed by atoms with Crippen LogP contribution in [0.3, 0.4) is 0 Å². The number of thiocarbonyl (C=S) groups is 1. The Morgan fingerprint density at radius 1 is 1.07 bits per heavy atom. The van der Waals surface area contributed by atoms with E-state index in [0.717, 1.165) is 16.8 Å². The Bertz CT molecular complexity index is 1090. The molecular weight excluding hydrogens is 398 g/mol. The molecule has 0 radical (unpaired) electrons. The fraction of sp³-hybridized carbons (Fsp3) is 0.0870. The molecule has 0 saturated carbocycles. The first kappa shape index (κ1) is 19.4. The van der Waals surface area contributed by atoms with Gasteiger partial charge in [0, 0.05) is 23.9 Å². The zero-order valence-corrected chi connectivity index (χ0v) is 17.3. The monoisotopic (exact) mass is 417 g/mol. The van der Waals surface area contributed by atoms with E-state index >= 15 is 0 Å². The number of benzene rings is 2. The maximum atomic E-state index is 12.7. The van der Waals surface area contributed by atoms with Crippen LogP contribution in [0.25, 0.3) is 17.3 Å². The number of nitrogens with zero attached hydrogens (tertiary/aromatic N) is 3. The largest absolute Gasteiger partial charge is 0.289 e. The minimum absolute atomic E-state index is 0.0882. The zero-order valence-electron chi connectivity index (χ0n) is 15.7. The van der Waals surface area contributed by atoms with Crippen molar-refractivity contribution in [3.63, 3.8) is 0 Å². The lowest BCUT2D eigenvalue weighted by atomic mass is 10.1. The van der Waals surface area contributed by atoms with E-state index in [9.17, 15) is 4.79 Å². The average molecular weight is 418 g/mol. The van der Waals surface area contributed by atoms with Crippen molar-refractivity contribution in [3.05, 3.63) is 95.5 Å². The lowest BCUT2D eigenvalue weighted by molar-refractivity contribution is -0.121. The van der Waals surface area contributed by atoms with Crippen molar-refractivity contribution in [2.45, 2.75) is 6.54 Å². The number of carbonyl (C=O) groups excluding carboxylic acids is 1. The third-order valence-corrected chi connectivity index (χ3v) is 5.87. The third-order valence-electron chi connectivity index (χ3n) is 4.50. The van der Waals surface area contributed by atoms with Crippen LogP contribution in [0.5, 0.6) is 0 Å². The molecule has 0 unspecified atom stereocenters. The van der Waals surface area contributed by atoms with Gasteiger partial charge in [0.25, 0.3) is 5.91 Å². The van der Waals surface area contributed by atoms with Crippen molar-refractivity contribution >= 4 is 40.3 Å². The molecule has 1 aromatic heterocycles. The van der Waals surface area contributed by atoms with Gasteiger partial charge in [-0.25, -0.2) is 0 Å². The Kier molecular flexibility index (Phi) is 5.74. The summed E-state index contributed by atoms with van der Waals surface area (Å²) in [6.07, 6.45) is 5.55. The molecule has 1 amide bonds. The molecule has 4 rings (SSSR count). The molecule has 0 aliphatic carbocycles. The molecule has 3 aromatic rings. The van der Waals surface area contributed by atoms with Crippen LogP contribution in [0, 0.1) is 0 Å². The molecular formula is C23H19N3OS2. The van der Waals surface area contributed by atoms with Gasteiger partial charge >= 0.3 is 0 Å². The van der Waals surface area contributed by atoms with E-state index in [1.54, 1.807) is 11.0 Å². The third kappa shape index (κ3) is 4.23. The topological polar surface area (TPSA) is 38.1 Å². The van der Waals surface area contributed by atoms with Crippen molar-refractivity contribution in [1.29, 1.82) is 0 Å². The lowest BCUT2D eigenvalue weighted by Gasteiger charge is -2.10. The van der Waals surface area contributed by atoms with Crippen molar-refractivity contribution in [1.82, 2.24) is 14.7 Å². The van der Waals surface area contributed by atoms with E-state index in [-0.39, 0.29) is 5.91 Å². The Balaban J connectivity index is 1.73. The van der Waals surface area contributed by atoms with Crippen LogP contribution in [0.15, 0.2) is 84.4 Å². The molecule has 29 heavy (non-hydrogen) atoms. The van der Waals surface area contributed by atoms with Crippen molar-refractivity contribution in [2.75, 3.05) is 6.54 Å². The highest BCUT2D eigenvalue weighted by Gasteiger charge is 2.31. The van der Waals surface area contributed by atoms with Crippen LogP contribution in [0.2, 0.25) is 0 Å². The molecule has 1 saturated heterocycles. The number of hydrogen-bond acceptors (Lipinski definition) is 4. The number of thioether (sulfide) groups is 1. The summed E-state index contributed by atoms with van der Waals surface area (Å²) in [4.78, 5) is 14.9. The van der Waals surface area contributed by atoms with Crippen LogP contribution in [0.1, 0.15) is 11.1 Å². The molecule has 0 bridgehead atoms. The number of aromatic nitrogens is 2. The number of carbonyl (C=O) groups is 1. The van der Waals surface area contributed by atoms with Crippen molar-refractivity contribution in [2.24, 2.45) is 0 Å². The van der Waals surface area contributed by atoms with Crippen LogP contribution in [0.4, 0.5) is 0 Å². The van der Waals surface area contributed by atoms with Crippen LogP contribution in [-0.2, 0) is 11.3 Å². The minimum atomic E-state index is -0.0882. The van der Waals surface area contributed by atoms with E-state index < -0.39 is 0 Å². The lowest BCUT2D eigenvalue weighted by Crippen LogP contribution is -2.27. The maximum Gasteiger partial charge on any atom is 0.266 e. The average Bonchev–Trinajstić information content (AvgIpc) is 3.25. The Morgan fingerprint density at radius 3 is 2.45 bits per heavy atom. The molecule has 1 aliphatic rings. The van der Waals surface area contributed by atoms with Gasteiger partial charge in [0.15, 0.2) is 0 Å². The predicted octanol–water partition coefficient (Wildman–Crippen LogP) is 4.99. The summed E-state index contributed by atoms with van der Waals surface area (Å²) in [6.45, 7) is 4.78. The smallest absolute Gasteiger partial charge is 0.266 e. The van der Waals surface area contributed by atoms with Gasteiger partial charge < -0.3 is 0 Å². The van der Waals surface area contributed by atoms with Gasteiger partial charge in [-0.2, -0.15) is 5.10 Å². The van der Waals surface area contributed by atoms with E-state index in [1.165, 1.54) is 17.3 Å².